The molecule has 1 aliphatic rings. The minimum absolute atomic E-state index is 0.146. The van der Waals surface area contributed by atoms with Crippen LogP contribution in [0.15, 0.2) is 18.6 Å². The predicted octanol–water partition coefficient (Wildman–Crippen LogP) is 1.10. The average Bonchev–Trinajstić information content (AvgIpc) is 2.42. The zero-order valence-electron chi connectivity index (χ0n) is 9.54. The summed E-state index contributed by atoms with van der Waals surface area (Å²) in [6.07, 6.45) is 7.71. The second kappa shape index (κ2) is 5.39. The van der Waals surface area contributed by atoms with Gasteiger partial charge in [0.1, 0.15) is 0 Å². The Balaban J connectivity index is 2.13. The molecule has 0 saturated carbocycles. The first-order valence-electron chi connectivity index (χ1n) is 5.77. The van der Waals surface area contributed by atoms with Crippen molar-refractivity contribution in [2.45, 2.75) is 25.2 Å². The van der Waals surface area contributed by atoms with Crippen LogP contribution in [0.1, 0.15) is 30.9 Å². The zero-order chi connectivity index (χ0) is 12.1. The smallest absolute Gasteiger partial charge is 0.246 e. The predicted molar refractivity (Wildman–Crippen MR) is 60.8 cm³/mol. The fourth-order valence-electron chi connectivity index (χ4n) is 2.00. The lowest BCUT2D eigenvalue weighted by molar-refractivity contribution is -0.132. The number of hydrogen-bond acceptors (Lipinski definition) is 4. The van der Waals surface area contributed by atoms with E-state index in [1.54, 1.807) is 4.90 Å². The number of hydrogen-bond donors (Lipinski definition) is 0. The Kier molecular flexibility index (Phi) is 3.66. The summed E-state index contributed by atoms with van der Waals surface area (Å²) < 4.78 is 0. The van der Waals surface area contributed by atoms with Crippen molar-refractivity contribution in [2.24, 2.45) is 0 Å². The standard InChI is InChI=1S/C12H14N4O/c13-8-10(11-9-14-4-5-15-11)12(17)16-6-2-1-3-7-16/h4-5,9-10H,1-3,6-7H2. The topological polar surface area (TPSA) is 69.9 Å². The van der Waals surface area contributed by atoms with Crippen LogP contribution in [0.3, 0.4) is 0 Å². The molecule has 0 aromatic carbocycles. The Morgan fingerprint density at radius 3 is 2.71 bits per heavy atom. The van der Waals surface area contributed by atoms with Gasteiger partial charge in [0.05, 0.1) is 18.0 Å². The molecule has 0 bridgehead atoms. The Hall–Kier alpha value is -1.96. The first-order valence-corrected chi connectivity index (χ1v) is 5.77. The summed E-state index contributed by atoms with van der Waals surface area (Å²) in [5.41, 5.74) is 0.436. The third-order valence-electron chi connectivity index (χ3n) is 2.92. The third-order valence-corrected chi connectivity index (χ3v) is 2.92. The molecule has 17 heavy (non-hydrogen) atoms. The maximum absolute atomic E-state index is 12.2. The van der Waals surface area contributed by atoms with Crippen LogP contribution in [0, 0.1) is 11.3 Å². The summed E-state index contributed by atoms with van der Waals surface area (Å²) in [7, 11) is 0. The minimum atomic E-state index is -0.818. The van der Waals surface area contributed by atoms with Gasteiger partial charge >= 0.3 is 0 Å². The number of nitriles is 1. The van der Waals surface area contributed by atoms with Gasteiger partial charge in [-0.1, -0.05) is 0 Å². The molecule has 1 unspecified atom stereocenters. The van der Waals surface area contributed by atoms with Gasteiger partial charge < -0.3 is 4.90 Å². The molecule has 2 heterocycles. The molecule has 1 aliphatic heterocycles. The molecule has 0 N–H and O–H groups in total. The zero-order valence-corrected chi connectivity index (χ0v) is 9.54. The van der Waals surface area contributed by atoms with Crippen LogP contribution >= 0.6 is 0 Å². The molecule has 1 aromatic heterocycles. The molecule has 0 aliphatic carbocycles. The van der Waals surface area contributed by atoms with E-state index in [2.05, 4.69) is 9.97 Å². The van der Waals surface area contributed by atoms with E-state index in [9.17, 15) is 4.79 Å². The largest absolute Gasteiger partial charge is 0.341 e. The lowest BCUT2D eigenvalue weighted by atomic mass is 10.0. The van der Waals surface area contributed by atoms with Crippen LogP contribution < -0.4 is 0 Å². The molecule has 88 valence electrons. The molecule has 1 aromatic rings. The molecule has 2 rings (SSSR count). The monoisotopic (exact) mass is 230 g/mol. The molecule has 0 radical (unpaired) electrons. The number of amides is 1. The van der Waals surface area contributed by atoms with E-state index < -0.39 is 5.92 Å². The molecule has 5 heteroatoms. The van der Waals surface area contributed by atoms with Crippen LogP contribution in [0.25, 0.3) is 0 Å². The van der Waals surface area contributed by atoms with Gasteiger partial charge in [-0.25, -0.2) is 0 Å². The summed E-state index contributed by atoms with van der Waals surface area (Å²) in [5, 5.41) is 9.12. The van der Waals surface area contributed by atoms with Crippen LogP contribution in [-0.4, -0.2) is 33.9 Å². The van der Waals surface area contributed by atoms with Gasteiger partial charge in [-0.3, -0.25) is 14.8 Å². The van der Waals surface area contributed by atoms with Gasteiger partial charge in [0, 0.05) is 25.5 Å². The molecule has 1 amide bonds. The fraction of sp³-hybridized carbons (Fsp3) is 0.500. The molecule has 1 fully saturated rings. The maximum atomic E-state index is 12.2. The Morgan fingerprint density at radius 1 is 1.35 bits per heavy atom. The van der Waals surface area contributed by atoms with Gasteiger partial charge in [0.2, 0.25) is 5.91 Å². The van der Waals surface area contributed by atoms with Crippen molar-refractivity contribution in [3.8, 4) is 6.07 Å². The van der Waals surface area contributed by atoms with Gasteiger partial charge in [-0.2, -0.15) is 5.26 Å². The minimum Gasteiger partial charge on any atom is -0.341 e. The first kappa shape index (κ1) is 11.5. The summed E-state index contributed by atoms with van der Waals surface area (Å²) >= 11 is 0. The Labute approximate surface area is 100 Å². The number of carbonyl (C=O) groups excluding carboxylic acids is 1. The van der Waals surface area contributed by atoms with Gasteiger partial charge in [-0.15, -0.1) is 0 Å². The van der Waals surface area contributed by atoms with Crippen molar-refractivity contribution >= 4 is 5.91 Å². The summed E-state index contributed by atoms with van der Waals surface area (Å²) in [4.78, 5) is 21.9. The Morgan fingerprint density at radius 2 is 2.12 bits per heavy atom. The highest BCUT2D eigenvalue weighted by atomic mass is 16.2. The highest BCUT2D eigenvalue weighted by Gasteiger charge is 2.27. The lowest BCUT2D eigenvalue weighted by Gasteiger charge is -2.28. The van der Waals surface area contributed by atoms with E-state index >= 15 is 0 Å². The molecule has 1 saturated heterocycles. The number of aromatic nitrogens is 2. The van der Waals surface area contributed by atoms with Crippen LogP contribution in [0.4, 0.5) is 0 Å². The average molecular weight is 230 g/mol. The van der Waals surface area contributed by atoms with E-state index in [-0.39, 0.29) is 5.91 Å². The van der Waals surface area contributed by atoms with Gasteiger partial charge in [0.15, 0.2) is 5.92 Å². The fourth-order valence-corrected chi connectivity index (χ4v) is 2.00. The summed E-state index contributed by atoms with van der Waals surface area (Å²) in [6.45, 7) is 1.49. The SMILES string of the molecule is N#CC(C(=O)N1CCCCC1)c1cnccn1. The molecule has 1 atom stereocenters. The number of carbonyl (C=O) groups is 1. The molecule has 5 nitrogen and oxygen atoms in total. The van der Waals surface area contributed by atoms with E-state index in [0.29, 0.717) is 5.69 Å². The second-order valence-corrected chi connectivity index (χ2v) is 4.08. The van der Waals surface area contributed by atoms with Gasteiger partial charge in [0.25, 0.3) is 0 Å². The number of nitrogens with zero attached hydrogens (tertiary/aromatic N) is 4. The third kappa shape index (κ3) is 2.59. The van der Waals surface area contributed by atoms with Crippen LogP contribution in [-0.2, 0) is 4.79 Å². The Bertz CT molecular complexity index is 420. The quantitative estimate of drug-likeness (QED) is 0.762. The van der Waals surface area contributed by atoms with E-state index in [1.165, 1.54) is 18.6 Å². The molecular weight excluding hydrogens is 216 g/mol. The number of likely N-dealkylation sites (tertiary alicyclic amines) is 1. The number of rotatable bonds is 2. The molecule has 0 spiro atoms. The van der Waals surface area contributed by atoms with Crippen LogP contribution in [0.2, 0.25) is 0 Å². The lowest BCUT2D eigenvalue weighted by Crippen LogP contribution is -2.38. The van der Waals surface area contributed by atoms with Crippen molar-refractivity contribution in [3.05, 3.63) is 24.3 Å². The van der Waals surface area contributed by atoms with Crippen LogP contribution in [0.5, 0.6) is 0 Å². The van der Waals surface area contributed by atoms with Crippen molar-refractivity contribution in [1.82, 2.24) is 14.9 Å². The number of piperidine rings is 1. The van der Waals surface area contributed by atoms with E-state index in [1.807, 2.05) is 6.07 Å². The summed E-state index contributed by atoms with van der Waals surface area (Å²) in [5.74, 6) is -0.963. The van der Waals surface area contributed by atoms with E-state index in [0.717, 1.165) is 32.4 Å². The maximum Gasteiger partial charge on any atom is 0.246 e. The van der Waals surface area contributed by atoms with Crippen molar-refractivity contribution < 1.29 is 4.79 Å². The normalized spacial score (nSPS) is 17.2. The molecular formula is C12H14N4O. The highest BCUT2D eigenvalue weighted by molar-refractivity contribution is 5.86. The summed E-state index contributed by atoms with van der Waals surface area (Å²) in [6, 6.07) is 2.02. The highest BCUT2D eigenvalue weighted by Crippen LogP contribution is 2.18. The second-order valence-electron chi connectivity index (χ2n) is 4.08. The van der Waals surface area contributed by atoms with E-state index in [4.69, 9.17) is 5.26 Å². The van der Waals surface area contributed by atoms with Crippen molar-refractivity contribution in [3.63, 3.8) is 0 Å². The first-order chi connectivity index (χ1) is 8.33. The van der Waals surface area contributed by atoms with Crippen molar-refractivity contribution in [2.75, 3.05) is 13.1 Å². The van der Waals surface area contributed by atoms with Crippen molar-refractivity contribution in [1.29, 1.82) is 5.26 Å². The van der Waals surface area contributed by atoms with Gasteiger partial charge in [-0.05, 0) is 19.3 Å².